The summed E-state index contributed by atoms with van der Waals surface area (Å²) < 4.78 is 45.1. The molecule has 0 aromatic heterocycles. The molecule has 0 aromatic carbocycles. The van der Waals surface area contributed by atoms with Crippen LogP contribution in [0.4, 0.5) is 13.2 Å². The second-order valence-electron chi connectivity index (χ2n) is 10.4. The average molecular weight is 452 g/mol. The summed E-state index contributed by atoms with van der Waals surface area (Å²) >= 11 is 0. The van der Waals surface area contributed by atoms with E-state index in [0.717, 1.165) is 32.1 Å². The highest BCUT2D eigenvalue weighted by Crippen LogP contribution is 2.54. The Kier molecular flexibility index (Phi) is 7.51. The van der Waals surface area contributed by atoms with Crippen LogP contribution in [0.25, 0.3) is 0 Å². The van der Waals surface area contributed by atoms with Gasteiger partial charge in [0, 0.05) is 18.9 Å². The maximum absolute atomic E-state index is 13.4. The lowest BCUT2D eigenvalue weighted by Gasteiger charge is -2.51. The Hall–Kier alpha value is -0.933. The molecule has 5 atom stereocenters. The molecule has 174 valence electrons. The lowest BCUT2D eigenvalue weighted by Crippen LogP contribution is -2.55. The summed E-state index contributed by atoms with van der Waals surface area (Å²) in [7, 11) is -2.76. The van der Waals surface area contributed by atoms with Crippen molar-refractivity contribution in [1.82, 2.24) is 5.32 Å². The molecule has 0 saturated heterocycles. The lowest BCUT2D eigenvalue weighted by molar-refractivity contribution is -0.338. The average Bonchev–Trinajstić information content (AvgIpc) is 2.56. The number of alkyl halides is 3. The predicted molar refractivity (Wildman–Crippen MR) is 110 cm³/mol. The van der Waals surface area contributed by atoms with Gasteiger partial charge < -0.3 is 14.8 Å². The first-order chi connectivity index (χ1) is 13.6. The van der Waals surface area contributed by atoms with E-state index in [1.807, 2.05) is 6.92 Å². The molecule has 5 nitrogen and oxygen atoms in total. The zero-order valence-corrected chi connectivity index (χ0v) is 19.7. The van der Waals surface area contributed by atoms with Crippen LogP contribution in [0.3, 0.4) is 0 Å². The van der Waals surface area contributed by atoms with Crippen molar-refractivity contribution in [3.63, 3.8) is 0 Å². The van der Waals surface area contributed by atoms with Gasteiger partial charge in [-0.05, 0) is 62.6 Å². The lowest BCUT2D eigenvalue weighted by atomic mass is 9.52. The van der Waals surface area contributed by atoms with Gasteiger partial charge >= 0.3 is 6.18 Å². The maximum Gasteiger partial charge on any atom is 0.442 e. The predicted octanol–water partition coefficient (Wildman–Crippen LogP) is 4.41. The standard InChI is InChI=1S/C21H36F3NO4Si/c1-14(15-8-6-9-16-17(26)10-7-11-19(15,16)2)13-25-18(27)12-20(28,21(22,23)24)29-30(3,4)5/h14-16,28H,6-13H2,1-5H3,(H,25,27)/t14-,15-,16+,19-,20-/m1/s1. The molecule has 2 rings (SSSR count). The Labute approximate surface area is 178 Å². The van der Waals surface area contributed by atoms with Crippen molar-refractivity contribution in [3.05, 3.63) is 0 Å². The highest BCUT2D eigenvalue weighted by molar-refractivity contribution is 6.69. The maximum atomic E-state index is 13.4. The highest BCUT2D eigenvalue weighted by atomic mass is 28.4. The highest BCUT2D eigenvalue weighted by Gasteiger charge is 2.58. The summed E-state index contributed by atoms with van der Waals surface area (Å²) in [6.45, 7) is 8.91. The van der Waals surface area contributed by atoms with Crippen molar-refractivity contribution in [2.75, 3.05) is 6.54 Å². The third-order valence-electron chi connectivity index (χ3n) is 6.80. The monoisotopic (exact) mass is 451 g/mol. The number of ketones is 1. The fourth-order valence-corrected chi connectivity index (χ4v) is 6.70. The Bertz CT molecular complexity index is 651. The van der Waals surface area contributed by atoms with E-state index in [1.165, 1.54) is 19.6 Å². The number of rotatable bonds is 7. The first-order valence-corrected chi connectivity index (χ1v) is 14.3. The molecule has 2 fully saturated rings. The normalized spacial score (nSPS) is 30.9. The van der Waals surface area contributed by atoms with E-state index in [1.54, 1.807) is 0 Å². The molecule has 0 aliphatic heterocycles. The largest absolute Gasteiger partial charge is 0.442 e. The number of amides is 1. The fraction of sp³-hybridized carbons (Fsp3) is 0.905. The van der Waals surface area contributed by atoms with E-state index in [0.29, 0.717) is 12.2 Å². The van der Waals surface area contributed by atoms with Gasteiger partial charge in [0.05, 0.1) is 6.42 Å². The van der Waals surface area contributed by atoms with E-state index in [2.05, 4.69) is 12.2 Å². The van der Waals surface area contributed by atoms with Gasteiger partial charge in [-0.3, -0.25) is 9.59 Å². The summed E-state index contributed by atoms with van der Waals surface area (Å²) in [5, 5.41) is 12.7. The molecule has 2 aliphatic carbocycles. The minimum absolute atomic E-state index is 0.0181. The van der Waals surface area contributed by atoms with Crippen LogP contribution in [0.1, 0.15) is 58.8 Å². The first kappa shape index (κ1) is 25.3. The van der Waals surface area contributed by atoms with Crippen molar-refractivity contribution < 1.29 is 32.3 Å². The zero-order chi connectivity index (χ0) is 23.0. The summed E-state index contributed by atoms with van der Waals surface area (Å²) in [5.74, 6) is -3.77. The number of fused-ring (bicyclic) bond motifs is 1. The van der Waals surface area contributed by atoms with Crippen molar-refractivity contribution in [3.8, 4) is 0 Å². The molecule has 0 spiro atoms. The number of carbonyl (C=O) groups is 2. The molecular formula is C21H36F3NO4Si. The minimum atomic E-state index is -5.07. The molecule has 0 heterocycles. The van der Waals surface area contributed by atoms with Gasteiger partial charge in [-0.25, -0.2) is 0 Å². The van der Waals surface area contributed by atoms with Crippen LogP contribution in [0.5, 0.6) is 0 Å². The Morgan fingerprint density at radius 2 is 1.93 bits per heavy atom. The Morgan fingerprint density at radius 3 is 2.50 bits per heavy atom. The third-order valence-corrected chi connectivity index (χ3v) is 7.75. The van der Waals surface area contributed by atoms with Crippen molar-refractivity contribution in [1.29, 1.82) is 0 Å². The molecule has 2 N–H and O–H groups in total. The van der Waals surface area contributed by atoms with Gasteiger partial charge in [0.1, 0.15) is 5.78 Å². The van der Waals surface area contributed by atoms with E-state index < -0.39 is 32.6 Å². The Balaban J connectivity index is 2.01. The molecule has 2 saturated carbocycles. The van der Waals surface area contributed by atoms with Gasteiger partial charge in [-0.1, -0.05) is 20.3 Å². The van der Waals surface area contributed by atoms with Gasteiger partial charge in [0.15, 0.2) is 8.32 Å². The van der Waals surface area contributed by atoms with Crippen molar-refractivity contribution in [2.45, 2.75) is 90.4 Å². The van der Waals surface area contributed by atoms with Crippen LogP contribution < -0.4 is 5.32 Å². The number of hydrogen-bond acceptors (Lipinski definition) is 4. The number of aliphatic hydroxyl groups is 1. The summed E-state index contributed by atoms with van der Waals surface area (Å²) in [4.78, 5) is 24.7. The quantitative estimate of drug-likeness (QED) is 0.444. The van der Waals surface area contributed by atoms with Crippen LogP contribution in [-0.2, 0) is 14.0 Å². The van der Waals surface area contributed by atoms with Crippen molar-refractivity contribution >= 4 is 20.0 Å². The van der Waals surface area contributed by atoms with Crippen molar-refractivity contribution in [2.24, 2.45) is 23.2 Å². The number of carbonyl (C=O) groups excluding carboxylic acids is 2. The number of halogens is 3. The summed E-state index contributed by atoms with van der Waals surface area (Å²) in [5.41, 5.74) is -0.120. The minimum Gasteiger partial charge on any atom is -0.384 e. The van der Waals surface area contributed by atoms with Gasteiger partial charge in [-0.15, -0.1) is 0 Å². The number of hydrogen-bond donors (Lipinski definition) is 2. The SMILES string of the molecule is C[C@H](CNC(=O)C[C@@](O)(O[Si](C)(C)C)C(F)(F)F)[C@H]1CCC[C@H]2C(=O)CCC[C@]12C. The molecule has 30 heavy (non-hydrogen) atoms. The number of nitrogens with one attached hydrogen (secondary N) is 1. The van der Waals surface area contributed by atoms with Crippen LogP contribution in [0.2, 0.25) is 19.6 Å². The smallest absolute Gasteiger partial charge is 0.384 e. The molecule has 2 aliphatic rings. The van der Waals surface area contributed by atoms with Crippen LogP contribution >= 0.6 is 0 Å². The number of Topliss-reactive ketones (excluding diaryl/α,β-unsaturated/α-hetero) is 1. The zero-order valence-electron chi connectivity index (χ0n) is 18.7. The molecule has 0 unspecified atom stereocenters. The van der Waals surface area contributed by atoms with Gasteiger partial charge in [0.2, 0.25) is 5.91 Å². The fourth-order valence-electron chi connectivity index (χ4n) is 5.50. The van der Waals surface area contributed by atoms with Crippen LogP contribution in [0, 0.1) is 23.2 Å². The van der Waals surface area contributed by atoms with E-state index >= 15 is 0 Å². The van der Waals surface area contributed by atoms with Crippen LogP contribution in [0.15, 0.2) is 0 Å². The Morgan fingerprint density at radius 1 is 1.30 bits per heavy atom. The van der Waals surface area contributed by atoms with Crippen LogP contribution in [-0.4, -0.2) is 43.6 Å². The molecule has 0 radical (unpaired) electrons. The molecular weight excluding hydrogens is 415 g/mol. The summed E-state index contributed by atoms with van der Waals surface area (Å²) in [6, 6.07) is 0. The third kappa shape index (κ3) is 5.65. The second-order valence-corrected chi connectivity index (χ2v) is 14.8. The van der Waals surface area contributed by atoms with E-state index in [4.69, 9.17) is 4.43 Å². The summed E-state index contributed by atoms with van der Waals surface area (Å²) in [6.07, 6.45) is -0.990. The molecule has 9 heteroatoms. The van der Waals surface area contributed by atoms with E-state index in [-0.39, 0.29) is 29.7 Å². The molecule has 0 bridgehead atoms. The van der Waals surface area contributed by atoms with E-state index in [9.17, 15) is 27.9 Å². The van der Waals surface area contributed by atoms with Gasteiger partial charge in [-0.2, -0.15) is 13.2 Å². The van der Waals surface area contributed by atoms with Gasteiger partial charge in [0.25, 0.3) is 5.79 Å². The first-order valence-electron chi connectivity index (χ1n) is 10.9. The second kappa shape index (κ2) is 8.90. The topological polar surface area (TPSA) is 75.6 Å². The molecule has 0 aromatic rings. The molecule has 1 amide bonds.